The lowest BCUT2D eigenvalue weighted by Crippen LogP contribution is -2.54. The van der Waals surface area contributed by atoms with Crippen LogP contribution in [0.4, 0.5) is 10.5 Å². The molecule has 270 valence electrons. The number of urea groups is 1. The van der Waals surface area contributed by atoms with Crippen LogP contribution in [0.3, 0.4) is 0 Å². The van der Waals surface area contributed by atoms with Crippen molar-refractivity contribution >= 4 is 34.6 Å². The standard InChI is InChI=1S/C40H40N8O5/c49-35-7-2-1-4-29(35)32-22-34-31(43-44-32)14-17-47(34)36-13-12-27(23-41-36)46-20-19-45(24-38(46)51)26-10-8-25(9-11-26)28-5-3-6-30-33(16-21-53-39(28)30)48-18-15-37(50)42-40(48)52/h1-7,12-14,17,22-23,25-26,33,49H,8-11,15-16,18-21,24H2,(H,42,50,52). The van der Waals surface area contributed by atoms with Crippen LogP contribution in [0.5, 0.6) is 11.5 Å². The Morgan fingerprint density at radius 3 is 2.49 bits per heavy atom. The SMILES string of the molecule is O=C1CCN(C2CCOc3c(C4CCC(N5CCN(c6ccc(-n7ccc8nnc(-c9ccccc9O)cc87)nc6)C(=O)C5)CC4)cccc32)C(=O)N1. The highest BCUT2D eigenvalue weighted by Crippen LogP contribution is 2.45. The van der Waals surface area contributed by atoms with Crippen LogP contribution in [0.1, 0.15) is 61.6 Å². The molecule has 9 rings (SSSR count). The summed E-state index contributed by atoms with van der Waals surface area (Å²) < 4.78 is 8.19. The van der Waals surface area contributed by atoms with Gasteiger partial charge >= 0.3 is 6.03 Å². The summed E-state index contributed by atoms with van der Waals surface area (Å²) in [6, 6.07) is 20.9. The first kappa shape index (κ1) is 33.0. The molecule has 2 saturated heterocycles. The summed E-state index contributed by atoms with van der Waals surface area (Å²) in [7, 11) is 0. The molecule has 6 heterocycles. The molecule has 2 aromatic carbocycles. The van der Waals surface area contributed by atoms with E-state index in [9.17, 15) is 19.5 Å². The van der Waals surface area contributed by atoms with Crippen molar-refractivity contribution in [2.45, 2.75) is 56.5 Å². The molecule has 2 N–H and O–H groups in total. The minimum atomic E-state index is -0.324. The monoisotopic (exact) mass is 712 g/mol. The highest BCUT2D eigenvalue weighted by molar-refractivity contribution is 5.97. The van der Waals surface area contributed by atoms with Gasteiger partial charge < -0.3 is 19.6 Å². The van der Waals surface area contributed by atoms with Gasteiger partial charge in [-0.25, -0.2) is 9.78 Å². The molecule has 3 aliphatic heterocycles. The van der Waals surface area contributed by atoms with Crippen molar-refractivity contribution in [3.05, 3.63) is 90.3 Å². The summed E-state index contributed by atoms with van der Waals surface area (Å²) in [4.78, 5) is 48.6. The van der Waals surface area contributed by atoms with Crippen molar-refractivity contribution in [3.63, 3.8) is 0 Å². The first-order valence-corrected chi connectivity index (χ1v) is 18.4. The minimum Gasteiger partial charge on any atom is -0.507 e. The van der Waals surface area contributed by atoms with Crippen molar-refractivity contribution in [2.75, 3.05) is 37.7 Å². The number of phenols is 1. The lowest BCUT2D eigenvalue weighted by molar-refractivity contribution is -0.122. The zero-order valence-corrected chi connectivity index (χ0v) is 29.2. The highest BCUT2D eigenvalue weighted by atomic mass is 16.5. The number of hydrogen-bond donors (Lipinski definition) is 2. The molecular weight excluding hydrogens is 672 g/mol. The van der Waals surface area contributed by atoms with Crippen LogP contribution in [0.25, 0.3) is 28.1 Å². The van der Waals surface area contributed by atoms with Gasteiger partial charge in [0.2, 0.25) is 11.8 Å². The quantitative estimate of drug-likeness (QED) is 0.239. The number of nitrogens with one attached hydrogen (secondary N) is 1. The van der Waals surface area contributed by atoms with Gasteiger partial charge in [-0.1, -0.05) is 30.3 Å². The summed E-state index contributed by atoms with van der Waals surface area (Å²) in [5.74, 6) is 1.93. The molecule has 0 spiro atoms. The maximum atomic E-state index is 13.5. The molecular formula is C40H40N8O5. The second-order valence-corrected chi connectivity index (χ2v) is 14.3. The predicted molar refractivity (Wildman–Crippen MR) is 197 cm³/mol. The van der Waals surface area contributed by atoms with Gasteiger partial charge in [0, 0.05) is 55.8 Å². The van der Waals surface area contributed by atoms with Crippen molar-refractivity contribution in [2.24, 2.45) is 0 Å². The molecule has 53 heavy (non-hydrogen) atoms. The molecule has 1 saturated carbocycles. The molecule has 13 heteroatoms. The number of para-hydroxylation sites is 2. The van der Waals surface area contributed by atoms with Gasteiger partial charge in [-0.05, 0) is 73.6 Å². The van der Waals surface area contributed by atoms with Crippen LogP contribution in [-0.4, -0.2) is 91.3 Å². The maximum absolute atomic E-state index is 13.5. The number of hydrogen-bond acceptors (Lipinski definition) is 9. The smallest absolute Gasteiger partial charge is 0.324 e. The molecule has 4 aliphatic rings. The number of benzene rings is 2. The lowest BCUT2D eigenvalue weighted by atomic mass is 9.79. The second-order valence-electron chi connectivity index (χ2n) is 14.3. The number of aromatic nitrogens is 4. The third kappa shape index (κ3) is 6.14. The molecule has 3 fully saturated rings. The first-order valence-electron chi connectivity index (χ1n) is 18.4. The second kappa shape index (κ2) is 13.6. The van der Waals surface area contributed by atoms with Gasteiger partial charge in [0.1, 0.15) is 22.8 Å². The van der Waals surface area contributed by atoms with E-state index in [4.69, 9.17) is 9.72 Å². The van der Waals surface area contributed by atoms with E-state index in [0.29, 0.717) is 73.6 Å². The molecule has 13 nitrogen and oxygen atoms in total. The van der Waals surface area contributed by atoms with Crippen LogP contribution in [0.15, 0.2) is 79.1 Å². The molecule has 5 aromatic rings. The maximum Gasteiger partial charge on any atom is 0.324 e. The van der Waals surface area contributed by atoms with E-state index in [1.165, 1.54) is 5.56 Å². The highest BCUT2D eigenvalue weighted by Gasteiger charge is 2.37. The fraction of sp³-hybridized carbons (Fsp3) is 0.350. The molecule has 4 amide bonds. The summed E-state index contributed by atoms with van der Waals surface area (Å²) in [6.45, 7) is 2.72. The van der Waals surface area contributed by atoms with E-state index in [0.717, 1.165) is 54.7 Å². The summed E-state index contributed by atoms with van der Waals surface area (Å²) in [5, 5.41) is 21.5. The average molecular weight is 713 g/mol. The van der Waals surface area contributed by atoms with Gasteiger partial charge in [0.25, 0.3) is 0 Å². The number of aromatic hydroxyl groups is 1. The van der Waals surface area contributed by atoms with Crippen LogP contribution < -0.4 is 15.0 Å². The van der Waals surface area contributed by atoms with E-state index >= 15 is 0 Å². The Bertz CT molecular complexity index is 2210. The topological polar surface area (TPSA) is 146 Å². The summed E-state index contributed by atoms with van der Waals surface area (Å²) in [6.07, 6.45) is 8.66. The molecule has 0 bridgehead atoms. The van der Waals surface area contributed by atoms with Crippen molar-refractivity contribution in [1.29, 1.82) is 0 Å². The normalized spacial score (nSPS) is 22.4. The Kier molecular flexibility index (Phi) is 8.49. The summed E-state index contributed by atoms with van der Waals surface area (Å²) in [5.41, 5.74) is 5.69. The lowest BCUT2D eigenvalue weighted by Gasteiger charge is -2.42. The zero-order valence-electron chi connectivity index (χ0n) is 29.2. The third-order valence-corrected chi connectivity index (χ3v) is 11.4. The molecule has 1 atom stereocenters. The van der Waals surface area contributed by atoms with E-state index in [2.05, 4.69) is 38.6 Å². The third-order valence-electron chi connectivity index (χ3n) is 11.4. The number of carbonyl (C=O) groups excluding carboxylic acids is 3. The number of nitrogens with zero attached hydrogens (tertiary/aromatic N) is 7. The fourth-order valence-electron chi connectivity index (χ4n) is 8.61. The number of piperazine rings is 1. The van der Waals surface area contributed by atoms with Gasteiger partial charge in [-0.15, -0.1) is 10.2 Å². The number of pyridine rings is 1. The van der Waals surface area contributed by atoms with Crippen LogP contribution in [0, 0.1) is 0 Å². The van der Waals surface area contributed by atoms with Gasteiger partial charge in [-0.3, -0.25) is 24.4 Å². The number of imide groups is 1. The molecule has 0 radical (unpaired) electrons. The van der Waals surface area contributed by atoms with E-state index in [1.54, 1.807) is 29.3 Å². The Morgan fingerprint density at radius 2 is 1.70 bits per heavy atom. The van der Waals surface area contributed by atoms with Crippen molar-refractivity contribution in [3.8, 4) is 28.6 Å². The number of phenolic OH excluding ortho intramolecular Hbond substituents is 1. The number of carbonyl (C=O) groups is 3. The van der Waals surface area contributed by atoms with Crippen LogP contribution in [-0.2, 0) is 9.59 Å². The van der Waals surface area contributed by atoms with Gasteiger partial charge in [0.15, 0.2) is 0 Å². The van der Waals surface area contributed by atoms with Crippen molar-refractivity contribution in [1.82, 2.24) is 34.9 Å². The van der Waals surface area contributed by atoms with E-state index < -0.39 is 0 Å². The number of rotatable bonds is 6. The Morgan fingerprint density at radius 1 is 0.849 bits per heavy atom. The van der Waals surface area contributed by atoms with E-state index in [1.807, 2.05) is 46.0 Å². The Labute approximate surface area is 306 Å². The number of amides is 4. The number of ether oxygens (including phenoxy) is 1. The zero-order chi connectivity index (χ0) is 36.1. The molecule has 3 aromatic heterocycles. The van der Waals surface area contributed by atoms with E-state index in [-0.39, 0.29) is 29.6 Å². The Balaban J connectivity index is 0.836. The van der Waals surface area contributed by atoms with Gasteiger partial charge in [-0.2, -0.15) is 0 Å². The largest absolute Gasteiger partial charge is 0.507 e. The number of fused-ring (bicyclic) bond motifs is 2. The molecule has 1 unspecified atom stereocenters. The number of anilines is 1. The predicted octanol–water partition coefficient (Wildman–Crippen LogP) is 5.33. The minimum absolute atomic E-state index is 0.0712. The Hall–Kier alpha value is -5.82. The van der Waals surface area contributed by atoms with Crippen LogP contribution >= 0.6 is 0 Å². The first-order chi connectivity index (χ1) is 25.9. The van der Waals surface area contributed by atoms with Gasteiger partial charge in [0.05, 0.1) is 42.3 Å². The van der Waals surface area contributed by atoms with Crippen LogP contribution in [0.2, 0.25) is 0 Å². The average Bonchev–Trinajstić information content (AvgIpc) is 3.61. The summed E-state index contributed by atoms with van der Waals surface area (Å²) >= 11 is 0. The fourth-order valence-corrected chi connectivity index (χ4v) is 8.61. The molecule has 1 aliphatic carbocycles. The van der Waals surface area contributed by atoms with Crippen molar-refractivity contribution < 1.29 is 24.2 Å².